The number of para-hydroxylation sites is 1. The molecular formula is C46H27N3S2. The highest BCUT2D eigenvalue weighted by Gasteiger charge is 2.23. The molecule has 0 aliphatic heterocycles. The first-order chi connectivity index (χ1) is 25.2. The minimum Gasteiger partial charge on any atom is -0.308 e. The van der Waals surface area contributed by atoms with Gasteiger partial charge < -0.3 is 4.40 Å². The highest BCUT2D eigenvalue weighted by molar-refractivity contribution is 7.26. The van der Waals surface area contributed by atoms with Crippen LogP contribution < -0.4 is 0 Å². The fraction of sp³-hybridized carbons (Fsp3) is 0.0435. The summed E-state index contributed by atoms with van der Waals surface area (Å²) in [5, 5.41) is 30.6. The van der Waals surface area contributed by atoms with Gasteiger partial charge in [0.1, 0.15) is 0 Å². The van der Waals surface area contributed by atoms with E-state index in [-0.39, 0.29) is 0 Å². The second-order valence-electron chi connectivity index (χ2n) is 12.7. The van der Waals surface area contributed by atoms with Crippen LogP contribution in [0.3, 0.4) is 0 Å². The van der Waals surface area contributed by atoms with Gasteiger partial charge in [0.2, 0.25) is 0 Å². The molecule has 0 saturated heterocycles. The van der Waals surface area contributed by atoms with Gasteiger partial charge >= 0.3 is 0 Å². The van der Waals surface area contributed by atoms with Crippen LogP contribution in [0.25, 0.3) is 101 Å². The monoisotopic (exact) mass is 685 g/mol. The molecule has 0 atom stereocenters. The summed E-state index contributed by atoms with van der Waals surface area (Å²) < 4.78 is 7.15. The van der Waals surface area contributed by atoms with Crippen molar-refractivity contribution in [3.05, 3.63) is 139 Å². The number of aromatic nitrogens is 1. The first-order valence-corrected chi connectivity index (χ1v) is 18.8. The Bertz CT molecular complexity index is 3090. The summed E-state index contributed by atoms with van der Waals surface area (Å²) >= 11 is 3.56. The van der Waals surface area contributed by atoms with Crippen molar-refractivity contribution in [3.63, 3.8) is 0 Å². The molecule has 238 valence electrons. The van der Waals surface area contributed by atoms with Gasteiger partial charge in [-0.2, -0.15) is 10.5 Å². The fourth-order valence-electron chi connectivity index (χ4n) is 8.12. The number of rotatable bonds is 2. The van der Waals surface area contributed by atoms with Gasteiger partial charge in [-0.05, 0) is 36.4 Å². The minimum atomic E-state index is 0.639. The first kappa shape index (κ1) is 29.7. The summed E-state index contributed by atoms with van der Waals surface area (Å²) in [6.07, 6.45) is 0. The molecule has 0 saturated carbocycles. The van der Waals surface area contributed by atoms with Crippen LogP contribution in [-0.4, -0.2) is 4.40 Å². The number of hydrogen-bond donors (Lipinski definition) is 0. The number of nitrogens with zero attached hydrogens (tertiary/aromatic N) is 3. The molecule has 0 aliphatic carbocycles. The van der Waals surface area contributed by atoms with Crippen LogP contribution >= 0.6 is 22.7 Å². The van der Waals surface area contributed by atoms with E-state index in [4.69, 9.17) is 0 Å². The quantitative estimate of drug-likeness (QED) is 0.182. The number of benzene rings is 7. The maximum absolute atomic E-state index is 10.6. The smallest absolute Gasteiger partial charge is 0.0998 e. The van der Waals surface area contributed by atoms with Crippen molar-refractivity contribution in [1.29, 1.82) is 10.5 Å². The van der Waals surface area contributed by atoms with E-state index in [1.165, 1.54) is 40.3 Å². The SMILES string of the molecule is CC.N#Cc1cc2c(cc1-c1cccc3c1sc1ccccc13)c1cccc3c4cc(-c5cccc6c5sc5ccccc56)c(C#N)cc4n2c13. The Morgan fingerprint density at radius 1 is 0.431 bits per heavy atom. The van der Waals surface area contributed by atoms with E-state index in [9.17, 15) is 10.5 Å². The van der Waals surface area contributed by atoms with Crippen molar-refractivity contribution in [3.8, 4) is 34.4 Å². The lowest BCUT2D eigenvalue weighted by Gasteiger charge is -2.09. The van der Waals surface area contributed by atoms with Crippen molar-refractivity contribution in [2.45, 2.75) is 13.8 Å². The zero-order valence-electron chi connectivity index (χ0n) is 27.8. The van der Waals surface area contributed by atoms with Crippen molar-refractivity contribution in [2.75, 3.05) is 0 Å². The van der Waals surface area contributed by atoms with Crippen molar-refractivity contribution >= 4 is 101 Å². The molecule has 0 unspecified atom stereocenters. The number of thiophene rings is 2. The maximum Gasteiger partial charge on any atom is 0.0998 e. The van der Waals surface area contributed by atoms with Crippen molar-refractivity contribution < 1.29 is 0 Å². The van der Waals surface area contributed by atoms with Gasteiger partial charge in [-0.25, -0.2) is 0 Å². The molecule has 4 heterocycles. The highest BCUT2D eigenvalue weighted by Crippen LogP contribution is 2.47. The Kier molecular flexibility index (Phi) is 6.48. The molecule has 0 N–H and O–H groups in total. The predicted molar refractivity (Wildman–Crippen MR) is 219 cm³/mol. The van der Waals surface area contributed by atoms with E-state index in [0.717, 1.165) is 60.3 Å². The summed E-state index contributed by atoms with van der Waals surface area (Å²) in [6, 6.07) is 50.0. The Balaban J connectivity index is 0.00000161. The lowest BCUT2D eigenvalue weighted by molar-refractivity contribution is 1.36. The molecule has 5 heteroatoms. The number of nitriles is 2. The summed E-state index contributed by atoms with van der Waals surface area (Å²) in [5.41, 5.74) is 8.41. The topological polar surface area (TPSA) is 52.0 Å². The van der Waals surface area contributed by atoms with Crippen LogP contribution in [0.5, 0.6) is 0 Å². The number of fused-ring (bicyclic) bond motifs is 12. The average Bonchev–Trinajstić information content (AvgIpc) is 3.94. The molecule has 0 aliphatic rings. The highest BCUT2D eigenvalue weighted by atomic mass is 32.1. The maximum atomic E-state index is 10.6. The van der Waals surface area contributed by atoms with E-state index in [1.54, 1.807) is 22.7 Å². The lowest BCUT2D eigenvalue weighted by atomic mass is 9.95. The van der Waals surface area contributed by atoms with Gasteiger partial charge in [-0.15, -0.1) is 22.7 Å². The van der Waals surface area contributed by atoms with Gasteiger partial charge in [-0.1, -0.05) is 105 Å². The normalized spacial score (nSPS) is 11.7. The molecule has 0 bridgehead atoms. The molecular weight excluding hydrogens is 659 g/mol. The molecule has 0 spiro atoms. The lowest BCUT2D eigenvalue weighted by Crippen LogP contribution is -1.90. The van der Waals surface area contributed by atoms with E-state index < -0.39 is 0 Å². The van der Waals surface area contributed by atoms with E-state index in [2.05, 4.69) is 132 Å². The molecule has 51 heavy (non-hydrogen) atoms. The zero-order chi connectivity index (χ0) is 34.4. The predicted octanol–water partition coefficient (Wildman–Crippen LogP) is 13.7. The Labute approximate surface area is 301 Å². The van der Waals surface area contributed by atoms with Crippen molar-refractivity contribution in [2.24, 2.45) is 0 Å². The average molecular weight is 686 g/mol. The zero-order valence-corrected chi connectivity index (χ0v) is 29.4. The van der Waals surface area contributed by atoms with Crippen LogP contribution in [0.2, 0.25) is 0 Å². The molecule has 4 aromatic heterocycles. The molecule has 11 rings (SSSR count). The molecule has 0 amide bonds. The molecule has 0 fully saturated rings. The molecule has 7 aromatic carbocycles. The van der Waals surface area contributed by atoms with E-state index in [1.807, 2.05) is 26.0 Å². The van der Waals surface area contributed by atoms with Crippen LogP contribution in [0.15, 0.2) is 127 Å². The third-order valence-electron chi connectivity index (χ3n) is 10.2. The first-order valence-electron chi connectivity index (χ1n) is 17.1. The van der Waals surface area contributed by atoms with E-state index >= 15 is 0 Å². The summed E-state index contributed by atoms with van der Waals surface area (Å²) in [4.78, 5) is 0. The summed E-state index contributed by atoms with van der Waals surface area (Å²) in [5.74, 6) is 0. The van der Waals surface area contributed by atoms with Crippen LogP contribution in [-0.2, 0) is 0 Å². The summed E-state index contributed by atoms with van der Waals surface area (Å²) in [7, 11) is 0. The van der Waals surface area contributed by atoms with Crippen LogP contribution in [0, 0.1) is 22.7 Å². The summed E-state index contributed by atoms with van der Waals surface area (Å²) in [6.45, 7) is 4.00. The molecule has 3 nitrogen and oxygen atoms in total. The largest absolute Gasteiger partial charge is 0.308 e. The minimum absolute atomic E-state index is 0.639. The second kappa shape index (κ2) is 11.1. The van der Waals surface area contributed by atoms with Gasteiger partial charge in [-0.3, -0.25) is 0 Å². The Morgan fingerprint density at radius 3 is 1.31 bits per heavy atom. The van der Waals surface area contributed by atoms with Gasteiger partial charge in [0, 0.05) is 84.1 Å². The third-order valence-corrected chi connectivity index (χ3v) is 12.7. The Hall–Kier alpha value is -6.24. The Morgan fingerprint density at radius 2 is 0.843 bits per heavy atom. The van der Waals surface area contributed by atoms with Crippen molar-refractivity contribution in [1.82, 2.24) is 4.40 Å². The van der Waals surface area contributed by atoms with Crippen LogP contribution in [0.1, 0.15) is 25.0 Å². The van der Waals surface area contributed by atoms with E-state index in [0.29, 0.717) is 11.1 Å². The van der Waals surface area contributed by atoms with Gasteiger partial charge in [0.25, 0.3) is 0 Å². The van der Waals surface area contributed by atoms with Gasteiger partial charge in [0.05, 0.1) is 39.8 Å². The molecule has 0 radical (unpaired) electrons. The standard InChI is InChI=1S/C44H21N3S2.C2H6/c45-22-24-18-38-36(20-34(24)32-14-6-12-30-26-8-1-3-16-40(26)48-43(30)32)28-10-5-11-29-37-21-35(25(23-46)19-39(37)47(38)42(28)29)33-15-7-13-31-27-9-2-4-17-41(27)49-44(31)33;1-2/h1-21H;1-2H3. The third kappa shape index (κ3) is 4.02. The van der Waals surface area contributed by atoms with Crippen LogP contribution in [0.4, 0.5) is 0 Å². The number of hydrogen-bond acceptors (Lipinski definition) is 4. The molecule has 11 aromatic rings. The van der Waals surface area contributed by atoms with Gasteiger partial charge in [0.15, 0.2) is 0 Å². The second-order valence-corrected chi connectivity index (χ2v) is 14.8. The fourth-order valence-corrected chi connectivity index (χ4v) is 10.6.